The molecule has 1 fully saturated rings. The molecule has 15 heavy (non-hydrogen) atoms. The molecule has 86 valence electrons. The summed E-state index contributed by atoms with van der Waals surface area (Å²) in [5.41, 5.74) is -0.809. The third-order valence-electron chi connectivity index (χ3n) is 2.30. The first-order chi connectivity index (χ1) is 7.68. The highest BCUT2D eigenvalue weighted by atomic mass is 16.2. The Morgan fingerprint density at radius 2 is 2.07 bits per heavy atom. The minimum atomic E-state index is -2.01. The van der Waals surface area contributed by atoms with Crippen molar-refractivity contribution in [2.24, 2.45) is 5.41 Å². The average molecular weight is 213 g/mol. The van der Waals surface area contributed by atoms with Crippen LogP contribution in [-0.4, -0.2) is 23.3 Å². The van der Waals surface area contributed by atoms with Gasteiger partial charge in [-0.25, -0.2) is 0 Å². The Bertz CT molecular complexity index is 321. The van der Waals surface area contributed by atoms with Gasteiger partial charge in [-0.1, -0.05) is 27.2 Å². The molecule has 0 aliphatic carbocycles. The quantitative estimate of drug-likeness (QED) is 0.670. The third-order valence-corrected chi connectivity index (χ3v) is 2.30. The zero-order valence-corrected chi connectivity index (χ0v) is 9.80. The molecule has 0 spiro atoms. The number of carbonyl (C=O) groups is 2. The van der Waals surface area contributed by atoms with Gasteiger partial charge in [-0.05, 0) is 18.3 Å². The largest absolute Gasteiger partial charge is 0.283 e. The second-order valence-electron chi connectivity index (χ2n) is 5.04. The van der Waals surface area contributed by atoms with Gasteiger partial charge in [0.05, 0.1) is 0 Å². The molecule has 1 aliphatic rings. The summed E-state index contributed by atoms with van der Waals surface area (Å²) in [5.74, 6) is -0.919. The van der Waals surface area contributed by atoms with E-state index in [2.05, 4.69) is 0 Å². The van der Waals surface area contributed by atoms with Gasteiger partial charge in [0.1, 0.15) is 0 Å². The van der Waals surface area contributed by atoms with Gasteiger partial charge in [0.15, 0.2) is 0 Å². The van der Waals surface area contributed by atoms with Crippen molar-refractivity contribution in [1.82, 2.24) is 4.90 Å². The summed E-state index contributed by atoms with van der Waals surface area (Å²) in [6.07, 6.45) is 0.839. The van der Waals surface area contributed by atoms with Crippen LogP contribution in [0.2, 0.25) is 0 Å². The molecule has 1 saturated heterocycles. The number of amides is 2. The van der Waals surface area contributed by atoms with Crippen molar-refractivity contribution in [2.75, 3.05) is 6.54 Å². The molecule has 0 aromatic carbocycles. The number of hydrogen-bond acceptors (Lipinski definition) is 2. The first kappa shape index (κ1) is 9.37. The van der Waals surface area contributed by atoms with Crippen LogP contribution in [-0.2, 0) is 9.59 Å². The van der Waals surface area contributed by atoms with Crippen molar-refractivity contribution in [3.8, 4) is 0 Å². The highest BCUT2D eigenvalue weighted by Gasteiger charge is 2.26. The summed E-state index contributed by atoms with van der Waals surface area (Å²) in [4.78, 5) is 25.0. The van der Waals surface area contributed by atoms with Crippen LogP contribution in [0.4, 0.5) is 0 Å². The zero-order chi connectivity index (χ0) is 13.3. The SMILES string of the molecule is [2H]C([2H])(C(=O)N1CCCCCC1=O)C(C)(C)C. The highest BCUT2D eigenvalue weighted by Crippen LogP contribution is 2.21. The normalized spacial score (nSPS) is 21.8. The van der Waals surface area contributed by atoms with Gasteiger partial charge in [-0.3, -0.25) is 14.5 Å². The molecule has 1 heterocycles. The van der Waals surface area contributed by atoms with Crippen LogP contribution >= 0.6 is 0 Å². The van der Waals surface area contributed by atoms with Gasteiger partial charge >= 0.3 is 0 Å². The van der Waals surface area contributed by atoms with E-state index in [1.165, 1.54) is 0 Å². The van der Waals surface area contributed by atoms with Crippen LogP contribution in [0.15, 0.2) is 0 Å². The molecule has 0 aromatic heterocycles. The summed E-state index contributed by atoms with van der Waals surface area (Å²) in [5, 5.41) is 0. The molecule has 0 N–H and O–H groups in total. The topological polar surface area (TPSA) is 37.4 Å². The van der Waals surface area contributed by atoms with E-state index in [1.54, 1.807) is 20.8 Å². The molecule has 0 aromatic rings. The van der Waals surface area contributed by atoms with Crippen LogP contribution in [0.25, 0.3) is 0 Å². The first-order valence-electron chi connectivity index (χ1n) is 6.53. The fourth-order valence-electron chi connectivity index (χ4n) is 1.59. The van der Waals surface area contributed by atoms with E-state index in [9.17, 15) is 9.59 Å². The third kappa shape index (κ3) is 4.02. The smallest absolute Gasteiger partial charge is 0.229 e. The van der Waals surface area contributed by atoms with E-state index < -0.39 is 17.7 Å². The Kier molecular flexibility index (Phi) is 2.98. The lowest BCUT2D eigenvalue weighted by atomic mass is 9.91. The molecule has 1 aliphatic heterocycles. The predicted octanol–water partition coefficient (Wildman–Crippen LogP) is 2.35. The number of imide groups is 1. The van der Waals surface area contributed by atoms with Crippen molar-refractivity contribution in [1.29, 1.82) is 0 Å². The summed E-state index contributed by atoms with van der Waals surface area (Å²) in [6.45, 7) is 5.38. The maximum atomic E-state index is 12.2. The zero-order valence-electron chi connectivity index (χ0n) is 11.8. The number of carbonyl (C=O) groups excluding carboxylic acids is 2. The Labute approximate surface area is 94.6 Å². The number of rotatable bonds is 1. The van der Waals surface area contributed by atoms with Crippen molar-refractivity contribution in [3.63, 3.8) is 0 Å². The second-order valence-corrected chi connectivity index (χ2v) is 5.04. The van der Waals surface area contributed by atoms with Gasteiger partial charge in [0, 0.05) is 22.1 Å². The molecule has 0 bridgehead atoms. The van der Waals surface area contributed by atoms with E-state index in [4.69, 9.17) is 2.74 Å². The second kappa shape index (κ2) is 4.77. The minimum absolute atomic E-state index is 0.236. The molecule has 0 atom stereocenters. The molecule has 0 saturated carbocycles. The molecular weight excluding hydrogens is 190 g/mol. The van der Waals surface area contributed by atoms with Crippen LogP contribution in [0.3, 0.4) is 0 Å². The van der Waals surface area contributed by atoms with Gasteiger partial charge in [0.2, 0.25) is 11.8 Å². The number of nitrogens with zero attached hydrogens (tertiary/aromatic N) is 1. The van der Waals surface area contributed by atoms with Gasteiger partial charge in [-0.15, -0.1) is 0 Å². The highest BCUT2D eigenvalue weighted by molar-refractivity contribution is 5.95. The van der Waals surface area contributed by atoms with Crippen molar-refractivity contribution in [3.05, 3.63) is 0 Å². The van der Waals surface area contributed by atoms with Crippen LogP contribution < -0.4 is 0 Å². The minimum Gasteiger partial charge on any atom is -0.283 e. The summed E-state index contributed by atoms with van der Waals surface area (Å²) in [7, 11) is 0. The van der Waals surface area contributed by atoms with E-state index in [0.717, 1.165) is 24.2 Å². The average Bonchev–Trinajstić information content (AvgIpc) is 2.40. The van der Waals surface area contributed by atoms with Gasteiger partial charge in [-0.2, -0.15) is 0 Å². The standard InChI is InChI=1S/C12H21NO2/c1-12(2,3)9-11(15)13-8-6-4-5-7-10(13)14/h4-9H2,1-3H3/i9D2. The predicted molar refractivity (Wildman–Crippen MR) is 59.3 cm³/mol. The van der Waals surface area contributed by atoms with E-state index in [-0.39, 0.29) is 5.91 Å². The van der Waals surface area contributed by atoms with E-state index in [1.807, 2.05) is 0 Å². The monoisotopic (exact) mass is 213 g/mol. The molecular formula is C12H21NO2. The lowest BCUT2D eigenvalue weighted by Crippen LogP contribution is -2.38. The fourth-order valence-corrected chi connectivity index (χ4v) is 1.59. The molecule has 2 amide bonds. The van der Waals surface area contributed by atoms with Crippen molar-refractivity contribution < 1.29 is 12.3 Å². The maximum absolute atomic E-state index is 12.2. The van der Waals surface area contributed by atoms with E-state index >= 15 is 0 Å². The first-order valence-corrected chi connectivity index (χ1v) is 5.53. The van der Waals surface area contributed by atoms with Crippen LogP contribution in [0, 0.1) is 5.41 Å². The molecule has 0 unspecified atom stereocenters. The fraction of sp³-hybridized carbons (Fsp3) is 0.833. The Balaban J connectivity index is 2.91. The van der Waals surface area contributed by atoms with Crippen LogP contribution in [0.5, 0.6) is 0 Å². The molecule has 1 rings (SSSR count). The summed E-state index contributed by atoms with van der Waals surface area (Å²) < 4.78 is 15.8. The molecule has 3 heteroatoms. The van der Waals surface area contributed by atoms with Gasteiger partial charge in [0.25, 0.3) is 0 Å². The Morgan fingerprint density at radius 1 is 1.40 bits per heavy atom. The molecule has 0 radical (unpaired) electrons. The lowest BCUT2D eigenvalue weighted by molar-refractivity contribution is -0.145. The Hall–Kier alpha value is -0.860. The van der Waals surface area contributed by atoms with Crippen LogP contribution in [0.1, 0.15) is 55.6 Å². The summed E-state index contributed by atoms with van der Waals surface area (Å²) in [6, 6.07) is 0. The maximum Gasteiger partial charge on any atom is 0.229 e. The molecule has 3 nitrogen and oxygen atoms in total. The lowest BCUT2D eigenvalue weighted by Gasteiger charge is -2.23. The Morgan fingerprint density at radius 3 is 2.67 bits per heavy atom. The van der Waals surface area contributed by atoms with Crippen molar-refractivity contribution in [2.45, 2.75) is 52.8 Å². The number of hydrogen-bond donors (Lipinski definition) is 0. The number of likely N-dealkylation sites (tertiary alicyclic amines) is 1. The van der Waals surface area contributed by atoms with E-state index in [0.29, 0.717) is 13.0 Å². The van der Waals surface area contributed by atoms with Gasteiger partial charge < -0.3 is 0 Å². The summed E-state index contributed by atoms with van der Waals surface area (Å²) >= 11 is 0. The van der Waals surface area contributed by atoms with Crippen molar-refractivity contribution >= 4 is 11.8 Å².